The van der Waals surface area contributed by atoms with Gasteiger partial charge < -0.3 is 5.32 Å². The number of aromatic nitrogens is 1. The van der Waals surface area contributed by atoms with Crippen molar-refractivity contribution in [3.63, 3.8) is 0 Å². The van der Waals surface area contributed by atoms with Crippen LogP contribution in [0.5, 0.6) is 0 Å². The fraction of sp³-hybridized carbons (Fsp3) is 0. The predicted molar refractivity (Wildman–Crippen MR) is 109 cm³/mol. The van der Waals surface area contributed by atoms with Crippen LogP contribution in [0.15, 0.2) is 72.2 Å². The number of benzene rings is 3. The molecule has 6 heteroatoms. The second-order valence-corrected chi connectivity index (χ2v) is 6.90. The lowest BCUT2D eigenvalue weighted by Crippen LogP contribution is -1.94. The Morgan fingerprint density at radius 3 is 2.64 bits per heavy atom. The maximum Gasteiger partial charge on any atom is 0.149 e. The van der Waals surface area contributed by atoms with Crippen LogP contribution in [-0.4, -0.2) is 4.98 Å². The largest absolute Gasteiger partial charge is 0.358 e. The summed E-state index contributed by atoms with van der Waals surface area (Å²) in [7, 11) is 0. The molecule has 1 aromatic heterocycles. The monoisotopic (exact) mass is 389 g/mol. The summed E-state index contributed by atoms with van der Waals surface area (Å²) in [5.41, 5.74) is 2.07. The molecule has 0 amide bonds. The number of rotatable bonds is 4. The van der Waals surface area contributed by atoms with E-state index >= 15 is 0 Å². The summed E-state index contributed by atoms with van der Waals surface area (Å²) in [5, 5.41) is 16.8. The van der Waals surface area contributed by atoms with Crippen molar-refractivity contribution in [1.29, 1.82) is 5.26 Å². The van der Waals surface area contributed by atoms with Gasteiger partial charge in [-0.2, -0.15) is 5.26 Å². The van der Waals surface area contributed by atoms with Crippen molar-refractivity contribution in [3.8, 4) is 17.3 Å². The zero-order chi connectivity index (χ0) is 19.5. The number of nitrogens with zero attached hydrogens (tertiary/aromatic N) is 2. The highest BCUT2D eigenvalue weighted by Crippen LogP contribution is 2.28. The third-order valence-corrected chi connectivity index (χ3v) is 5.08. The smallest absolute Gasteiger partial charge is 0.149 e. The van der Waals surface area contributed by atoms with Gasteiger partial charge >= 0.3 is 0 Å². The van der Waals surface area contributed by atoms with Crippen molar-refractivity contribution in [2.24, 2.45) is 0 Å². The van der Waals surface area contributed by atoms with E-state index in [4.69, 9.17) is 0 Å². The number of nitrogens with one attached hydrogen (secondary N) is 1. The summed E-state index contributed by atoms with van der Waals surface area (Å²) < 4.78 is 26.7. The van der Waals surface area contributed by atoms with E-state index in [9.17, 15) is 14.0 Å². The van der Waals surface area contributed by atoms with E-state index in [1.54, 1.807) is 0 Å². The van der Waals surface area contributed by atoms with Crippen molar-refractivity contribution in [3.05, 3.63) is 88.9 Å². The Labute approximate surface area is 164 Å². The first-order valence-electron chi connectivity index (χ1n) is 8.41. The number of fused-ring (bicyclic) bond motifs is 1. The molecule has 0 atom stereocenters. The molecule has 28 heavy (non-hydrogen) atoms. The van der Waals surface area contributed by atoms with Gasteiger partial charge in [0.05, 0.1) is 11.4 Å². The van der Waals surface area contributed by atoms with Gasteiger partial charge in [0.2, 0.25) is 0 Å². The Hall–Kier alpha value is -3.56. The Morgan fingerprint density at radius 1 is 1.04 bits per heavy atom. The molecule has 0 fully saturated rings. The maximum absolute atomic E-state index is 13.7. The van der Waals surface area contributed by atoms with E-state index in [-0.39, 0.29) is 11.3 Å². The van der Waals surface area contributed by atoms with Crippen molar-refractivity contribution in [2.45, 2.75) is 0 Å². The highest BCUT2D eigenvalue weighted by atomic mass is 32.1. The van der Waals surface area contributed by atoms with Gasteiger partial charge in [-0.3, -0.25) is 0 Å². The molecule has 0 unspecified atom stereocenters. The minimum atomic E-state index is -0.732. The van der Waals surface area contributed by atoms with Gasteiger partial charge in [-0.1, -0.05) is 36.4 Å². The molecule has 0 saturated heterocycles. The van der Waals surface area contributed by atoms with Crippen LogP contribution in [0.2, 0.25) is 0 Å². The first-order valence-corrected chi connectivity index (χ1v) is 9.29. The molecule has 0 bridgehead atoms. The lowest BCUT2D eigenvalue weighted by Gasteiger charge is -2.03. The molecular weight excluding hydrogens is 376 g/mol. The normalized spacial score (nSPS) is 11.4. The first kappa shape index (κ1) is 17.8. The van der Waals surface area contributed by atoms with Gasteiger partial charge in [0, 0.05) is 23.2 Å². The molecule has 1 N–H and O–H groups in total. The molecule has 0 spiro atoms. The molecule has 3 aromatic carbocycles. The van der Waals surface area contributed by atoms with Crippen LogP contribution in [0.25, 0.3) is 27.6 Å². The average molecular weight is 389 g/mol. The van der Waals surface area contributed by atoms with Crippen LogP contribution >= 0.6 is 11.3 Å². The second kappa shape index (κ2) is 7.59. The zero-order valence-electron chi connectivity index (χ0n) is 14.5. The third kappa shape index (κ3) is 3.61. The number of allylic oxidation sites excluding steroid dienone is 1. The third-order valence-electron chi connectivity index (χ3n) is 4.20. The number of thiazole rings is 1. The second-order valence-electron chi connectivity index (χ2n) is 6.04. The molecule has 0 radical (unpaired) electrons. The van der Waals surface area contributed by atoms with E-state index < -0.39 is 11.6 Å². The van der Waals surface area contributed by atoms with Crippen LogP contribution < -0.4 is 5.32 Å². The summed E-state index contributed by atoms with van der Waals surface area (Å²) in [5.74, 6) is -1.39. The van der Waals surface area contributed by atoms with Crippen LogP contribution in [-0.2, 0) is 0 Å². The minimum absolute atomic E-state index is 0.0838. The summed E-state index contributed by atoms with van der Waals surface area (Å²) in [6.07, 6.45) is 1.37. The Bertz CT molecular complexity index is 1240. The standard InChI is InChI=1S/C22H13F2N3S/c23-18-7-8-20(19(24)10-18)26-12-17(11-25)22-27-21(13-28-22)16-6-5-14-3-1-2-4-15(14)9-16/h1-10,12-13,26H. The number of halogens is 2. The average Bonchev–Trinajstić information content (AvgIpc) is 3.19. The van der Waals surface area contributed by atoms with E-state index in [1.807, 2.05) is 41.8 Å². The highest BCUT2D eigenvalue weighted by Gasteiger charge is 2.10. The molecule has 0 saturated carbocycles. The molecular formula is C22H13F2N3S. The molecule has 1 heterocycles. The molecule has 4 aromatic rings. The topological polar surface area (TPSA) is 48.7 Å². The van der Waals surface area contributed by atoms with Gasteiger partial charge in [0.15, 0.2) is 0 Å². The van der Waals surface area contributed by atoms with Crippen molar-refractivity contribution >= 4 is 33.4 Å². The summed E-state index contributed by atoms with van der Waals surface area (Å²) in [6.45, 7) is 0. The maximum atomic E-state index is 13.7. The van der Waals surface area contributed by atoms with E-state index in [2.05, 4.69) is 22.4 Å². The summed E-state index contributed by atoms with van der Waals surface area (Å²) in [6, 6.07) is 19.4. The van der Waals surface area contributed by atoms with Crippen LogP contribution in [0, 0.1) is 23.0 Å². The fourth-order valence-corrected chi connectivity index (χ4v) is 3.57. The Morgan fingerprint density at radius 2 is 1.86 bits per heavy atom. The molecule has 0 aliphatic rings. The number of hydrogen-bond acceptors (Lipinski definition) is 4. The molecule has 136 valence electrons. The van der Waals surface area contributed by atoms with Gasteiger partial charge in [-0.25, -0.2) is 13.8 Å². The van der Waals surface area contributed by atoms with Crippen LogP contribution in [0.1, 0.15) is 5.01 Å². The number of nitriles is 1. The summed E-state index contributed by atoms with van der Waals surface area (Å²) >= 11 is 1.33. The fourth-order valence-electron chi connectivity index (χ4n) is 2.78. The van der Waals surface area contributed by atoms with Crippen LogP contribution in [0.4, 0.5) is 14.5 Å². The molecule has 4 rings (SSSR count). The van der Waals surface area contributed by atoms with Crippen molar-refractivity contribution in [1.82, 2.24) is 4.98 Å². The molecule has 0 aliphatic heterocycles. The zero-order valence-corrected chi connectivity index (χ0v) is 15.3. The Balaban J connectivity index is 1.61. The first-order chi connectivity index (χ1) is 13.6. The van der Waals surface area contributed by atoms with Gasteiger partial charge in [-0.15, -0.1) is 11.3 Å². The number of anilines is 1. The van der Waals surface area contributed by atoms with E-state index in [0.717, 1.165) is 34.2 Å². The lowest BCUT2D eigenvalue weighted by molar-refractivity contribution is 0.586. The minimum Gasteiger partial charge on any atom is -0.358 e. The van der Waals surface area contributed by atoms with E-state index in [0.29, 0.717) is 5.01 Å². The summed E-state index contributed by atoms with van der Waals surface area (Å²) in [4.78, 5) is 4.54. The van der Waals surface area contributed by atoms with E-state index in [1.165, 1.54) is 23.6 Å². The highest BCUT2D eigenvalue weighted by molar-refractivity contribution is 7.11. The predicted octanol–water partition coefficient (Wildman–Crippen LogP) is 6.22. The van der Waals surface area contributed by atoms with Crippen LogP contribution in [0.3, 0.4) is 0 Å². The van der Waals surface area contributed by atoms with Gasteiger partial charge in [0.25, 0.3) is 0 Å². The van der Waals surface area contributed by atoms with Crippen molar-refractivity contribution in [2.75, 3.05) is 5.32 Å². The lowest BCUT2D eigenvalue weighted by atomic mass is 10.1. The SMILES string of the molecule is N#CC(=CNc1ccc(F)cc1F)c1nc(-c2ccc3ccccc3c2)cs1. The molecule has 0 aliphatic carbocycles. The van der Waals surface area contributed by atoms with Gasteiger partial charge in [0.1, 0.15) is 28.3 Å². The quantitative estimate of drug-likeness (QED) is 0.422. The Kier molecular flexibility index (Phi) is 4.83. The number of hydrogen-bond donors (Lipinski definition) is 1. The molecule has 3 nitrogen and oxygen atoms in total. The van der Waals surface area contributed by atoms with Gasteiger partial charge in [-0.05, 0) is 29.0 Å². The van der Waals surface area contributed by atoms with Crippen molar-refractivity contribution < 1.29 is 8.78 Å².